The van der Waals surface area contributed by atoms with E-state index in [2.05, 4.69) is 10.4 Å². The van der Waals surface area contributed by atoms with Gasteiger partial charge >= 0.3 is 0 Å². The number of nitrogens with zero attached hydrogens (tertiary/aromatic N) is 2. The molecule has 5 heteroatoms. The summed E-state index contributed by atoms with van der Waals surface area (Å²) in [5, 5.41) is 16.0. The third-order valence-electron chi connectivity index (χ3n) is 2.91. The Morgan fingerprint density at radius 1 is 1.42 bits per heavy atom. The fraction of sp³-hybridized carbons (Fsp3) is 0.286. The average Bonchev–Trinajstić information content (AvgIpc) is 2.95. The zero-order valence-electron chi connectivity index (χ0n) is 10.8. The molecule has 0 radical (unpaired) electrons. The van der Waals surface area contributed by atoms with E-state index >= 15 is 0 Å². The van der Waals surface area contributed by atoms with Crippen LogP contribution in [0, 0.1) is 0 Å². The van der Waals surface area contributed by atoms with Crippen LogP contribution in [0.4, 0.5) is 0 Å². The van der Waals surface area contributed by atoms with Crippen molar-refractivity contribution in [3.8, 4) is 5.69 Å². The van der Waals surface area contributed by atoms with Gasteiger partial charge in [-0.2, -0.15) is 5.10 Å². The lowest BCUT2D eigenvalue weighted by Crippen LogP contribution is -2.36. The molecule has 1 atom stereocenters. The summed E-state index contributed by atoms with van der Waals surface area (Å²) < 4.78 is 1.65. The molecule has 2 rings (SSSR count). The number of aromatic nitrogens is 2. The Labute approximate surface area is 111 Å². The zero-order chi connectivity index (χ0) is 13.7. The standard InChI is InChI=1S/C14H17N3O2/c1-2-12(10-18)16-14(19)11-8-15-17(9-11)13-6-4-3-5-7-13/h3-9,12,18H,2,10H2,1H3,(H,16,19). The number of para-hydroxylation sites is 1. The Morgan fingerprint density at radius 3 is 2.79 bits per heavy atom. The highest BCUT2D eigenvalue weighted by Crippen LogP contribution is 2.07. The second-order valence-corrected chi connectivity index (χ2v) is 4.27. The maximum atomic E-state index is 11.9. The average molecular weight is 259 g/mol. The minimum Gasteiger partial charge on any atom is -0.394 e. The summed E-state index contributed by atoms with van der Waals surface area (Å²) in [6, 6.07) is 9.36. The molecular formula is C14H17N3O2. The van der Waals surface area contributed by atoms with Crippen LogP contribution in [-0.2, 0) is 0 Å². The normalized spacial score (nSPS) is 12.1. The lowest BCUT2D eigenvalue weighted by Gasteiger charge is -2.12. The van der Waals surface area contributed by atoms with E-state index in [9.17, 15) is 4.79 Å². The molecule has 0 saturated heterocycles. The molecule has 0 aliphatic carbocycles. The molecule has 5 nitrogen and oxygen atoms in total. The van der Waals surface area contributed by atoms with Crippen molar-refractivity contribution in [2.24, 2.45) is 0 Å². The van der Waals surface area contributed by atoms with Gasteiger partial charge in [0.1, 0.15) is 0 Å². The highest BCUT2D eigenvalue weighted by atomic mass is 16.3. The Morgan fingerprint density at radius 2 is 2.16 bits per heavy atom. The molecule has 0 bridgehead atoms. The van der Waals surface area contributed by atoms with Gasteiger partial charge in [0.15, 0.2) is 0 Å². The predicted molar refractivity (Wildman–Crippen MR) is 72.2 cm³/mol. The van der Waals surface area contributed by atoms with Crippen LogP contribution in [0.1, 0.15) is 23.7 Å². The smallest absolute Gasteiger partial charge is 0.254 e. The van der Waals surface area contributed by atoms with Gasteiger partial charge in [-0.05, 0) is 18.6 Å². The second-order valence-electron chi connectivity index (χ2n) is 4.27. The number of aliphatic hydroxyl groups excluding tert-OH is 1. The molecule has 100 valence electrons. The van der Waals surface area contributed by atoms with Gasteiger partial charge < -0.3 is 10.4 Å². The van der Waals surface area contributed by atoms with E-state index in [1.807, 2.05) is 37.3 Å². The number of rotatable bonds is 5. The van der Waals surface area contributed by atoms with Crippen LogP contribution in [0.2, 0.25) is 0 Å². The van der Waals surface area contributed by atoms with Gasteiger partial charge in [-0.25, -0.2) is 4.68 Å². The van der Waals surface area contributed by atoms with E-state index in [-0.39, 0.29) is 18.6 Å². The largest absolute Gasteiger partial charge is 0.394 e. The Kier molecular flexibility index (Phi) is 4.30. The van der Waals surface area contributed by atoms with E-state index in [1.165, 1.54) is 6.20 Å². The molecule has 19 heavy (non-hydrogen) atoms. The molecule has 2 aromatic rings. The number of nitrogens with one attached hydrogen (secondary N) is 1. The highest BCUT2D eigenvalue weighted by molar-refractivity contribution is 5.94. The summed E-state index contributed by atoms with van der Waals surface area (Å²) >= 11 is 0. The summed E-state index contributed by atoms with van der Waals surface area (Å²) in [5.41, 5.74) is 1.38. The minimum absolute atomic E-state index is 0.0605. The molecule has 1 amide bonds. The minimum atomic E-state index is -0.219. The quantitative estimate of drug-likeness (QED) is 0.852. The number of hydrogen-bond donors (Lipinski definition) is 2. The van der Waals surface area contributed by atoms with Crippen LogP contribution in [0.5, 0.6) is 0 Å². The van der Waals surface area contributed by atoms with Crippen LogP contribution < -0.4 is 5.32 Å². The van der Waals surface area contributed by atoms with Crippen molar-refractivity contribution in [1.82, 2.24) is 15.1 Å². The lowest BCUT2D eigenvalue weighted by atomic mass is 10.2. The van der Waals surface area contributed by atoms with Gasteiger partial charge in [0.05, 0.1) is 30.1 Å². The first kappa shape index (κ1) is 13.3. The third kappa shape index (κ3) is 3.20. The van der Waals surface area contributed by atoms with E-state index in [0.29, 0.717) is 12.0 Å². The Balaban J connectivity index is 2.11. The van der Waals surface area contributed by atoms with Gasteiger partial charge in [0.2, 0.25) is 0 Å². The van der Waals surface area contributed by atoms with E-state index in [4.69, 9.17) is 5.11 Å². The van der Waals surface area contributed by atoms with Crippen LogP contribution in [0.3, 0.4) is 0 Å². The number of aliphatic hydroxyl groups is 1. The van der Waals surface area contributed by atoms with E-state index < -0.39 is 0 Å². The van der Waals surface area contributed by atoms with Gasteiger partial charge in [-0.15, -0.1) is 0 Å². The van der Waals surface area contributed by atoms with Crippen LogP contribution in [0.25, 0.3) is 5.69 Å². The van der Waals surface area contributed by atoms with Gasteiger partial charge in [-0.3, -0.25) is 4.79 Å². The third-order valence-corrected chi connectivity index (χ3v) is 2.91. The van der Waals surface area contributed by atoms with Crippen LogP contribution >= 0.6 is 0 Å². The zero-order valence-corrected chi connectivity index (χ0v) is 10.8. The molecule has 0 aliphatic rings. The molecular weight excluding hydrogens is 242 g/mol. The fourth-order valence-corrected chi connectivity index (χ4v) is 1.71. The molecule has 0 spiro atoms. The topological polar surface area (TPSA) is 67.2 Å². The van der Waals surface area contributed by atoms with Crippen molar-refractivity contribution in [3.05, 3.63) is 48.3 Å². The molecule has 0 aliphatic heterocycles. The molecule has 1 unspecified atom stereocenters. The number of amides is 1. The second kappa shape index (κ2) is 6.15. The Hall–Kier alpha value is -2.14. The molecule has 1 aromatic heterocycles. The molecule has 1 heterocycles. The molecule has 0 saturated carbocycles. The number of hydrogen-bond acceptors (Lipinski definition) is 3. The summed E-state index contributed by atoms with van der Waals surface area (Å²) in [4.78, 5) is 11.9. The predicted octanol–water partition coefficient (Wildman–Crippen LogP) is 1.37. The van der Waals surface area contributed by atoms with Crippen LogP contribution in [-0.4, -0.2) is 33.4 Å². The SMILES string of the molecule is CCC(CO)NC(=O)c1cnn(-c2ccccc2)c1. The number of carbonyl (C=O) groups is 1. The highest BCUT2D eigenvalue weighted by Gasteiger charge is 2.13. The van der Waals surface area contributed by atoms with Gasteiger partial charge in [0, 0.05) is 6.20 Å². The van der Waals surface area contributed by atoms with Crippen molar-refractivity contribution < 1.29 is 9.90 Å². The first-order valence-corrected chi connectivity index (χ1v) is 6.26. The monoisotopic (exact) mass is 259 g/mol. The van der Waals surface area contributed by atoms with Crippen molar-refractivity contribution in [2.45, 2.75) is 19.4 Å². The summed E-state index contributed by atoms with van der Waals surface area (Å²) in [5.74, 6) is -0.219. The molecule has 2 N–H and O–H groups in total. The van der Waals surface area contributed by atoms with Crippen molar-refractivity contribution in [3.63, 3.8) is 0 Å². The number of carbonyl (C=O) groups excluding carboxylic acids is 1. The van der Waals surface area contributed by atoms with Gasteiger partial charge in [0.25, 0.3) is 5.91 Å². The van der Waals surface area contributed by atoms with E-state index in [0.717, 1.165) is 5.69 Å². The maximum absolute atomic E-state index is 11.9. The molecule has 1 aromatic carbocycles. The summed E-state index contributed by atoms with van der Waals surface area (Å²) in [7, 11) is 0. The summed E-state index contributed by atoms with van der Waals surface area (Å²) in [6.07, 6.45) is 3.89. The van der Waals surface area contributed by atoms with E-state index in [1.54, 1.807) is 10.9 Å². The molecule has 0 fully saturated rings. The fourth-order valence-electron chi connectivity index (χ4n) is 1.71. The number of benzene rings is 1. The summed E-state index contributed by atoms with van der Waals surface area (Å²) in [6.45, 7) is 1.85. The first-order chi connectivity index (χ1) is 9.24. The Bertz CT molecular complexity index is 533. The lowest BCUT2D eigenvalue weighted by molar-refractivity contribution is 0.0915. The van der Waals surface area contributed by atoms with Gasteiger partial charge in [-0.1, -0.05) is 25.1 Å². The van der Waals surface area contributed by atoms with Crippen molar-refractivity contribution in [2.75, 3.05) is 6.61 Å². The maximum Gasteiger partial charge on any atom is 0.254 e. The first-order valence-electron chi connectivity index (χ1n) is 6.26. The van der Waals surface area contributed by atoms with Crippen LogP contribution in [0.15, 0.2) is 42.7 Å². The van der Waals surface area contributed by atoms with Crippen molar-refractivity contribution >= 4 is 5.91 Å². The van der Waals surface area contributed by atoms with Crippen molar-refractivity contribution in [1.29, 1.82) is 0 Å².